The number of aliphatic hydroxyl groups is 1. The van der Waals surface area contributed by atoms with Gasteiger partial charge in [0.25, 0.3) is 5.91 Å². The van der Waals surface area contributed by atoms with Gasteiger partial charge in [-0.05, 0) is 36.4 Å². The monoisotopic (exact) mass is 512 g/mol. The molecular weight excluding hydrogens is 492 g/mol. The summed E-state index contributed by atoms with van der Waals surface area (Å²) < 4.78 is 11.3. The van der Waals surface area contributed by atoms with Crippen LogP contribution >= 0.6 is 11.6 Å². The number of halogens is 1. The van der Waals surface area contributed by atoms with Crippen LogP contribution in [0, 0.1) is 0 Å². The predicted molar refractivity (Wildman–Crippen MR) is 140 cm³/mol. The fourth-order valence-corrected chi connectivity index (χ4v) is 5.15. The average Bonchev–Trinajstić information content (AvgIpc) is 3.59. The Kier molecular flexibility index (Phi) is 5.50. The highest BCUT2D eigenvalue weighted by atomic mass is 35.5. The number of Topliss-reactive ketones (excluding diaryl/α,β-unsaturated/α-hetero) is 1. The molecule has 1 unspecified atom stereocenters. The van der Waals surface area contributed by atoms with Gasteiger partial charge in [-0.15, -0.1) is 0 Å². The first-order chi connectivity index (χ1) is 18.0. The smallest absolute Gasteiger partial charge is 0.290 e. The van der Waals surface area contributed by atoms with Crippen LogP contribution in [0.3, 0.4) is 0 Å². The SMILES string of the molecule is COc1ccccc1CN1C(=O)C(O)=C(C(=O)c2cc3cc(Cl)ccc3o2)C1c1c[nH]c2ccccc12. The third-order valence-electron chi connectivity index (χ3n) is 6.70. The summed E-state index contributed by atoms with van der Waals surface area (Å²) in [6, 6.07) is 20.7. The molecule has 0 bridgehead atoms. The van der Waals surface area contributed by atoms with Gasteiger partial charge in [0, 0.05) is 38.6 Å². The van der Waals surface area contributed by atoms with Crippen molar-refractivity contribution >= 4 is 45.2 Å². The number of amides is 1. The highest BCUT2D eigenvalue weighted by Gasteiger charge is 2.45. The minimum absolute atomic E-state index is 0.00981. The molecule has 3 heterocycles. The Labute approximate surface area is 216 Å². The van der Waals surface area contributed by atoms with Gasteiger partial charge in [0.15, 0.2) is 11.5 Å². The number of nitrogens with one attached hydrogen (secondary N) is 1. The number of carbonyl (C=O) groups excluding carboxylic acids is 2. The van der Waals surface area contributed by atoms with Gasteiger partial charge in [0.2, 0.25) is 5.78 Å². The summed E-state index contributed by atoms with van der Waals surface area (Å²) in [7, 11) is 1.56. The molecule has 1 aliphatic heterocycles. The number of H-pyrrole nitrogens is 1. The minimum atomic E-state index is -0.863. The third-order valence-corrected chi connectivity index (χ3v) is 6.93. The molecule has 184 valence electrons. The number of fused-ring (bicyclic) bond motifs is 2. The van der Waals surface area contributed by atoms with Crippen LogP contribution in [-0.2, 0) is 11.3 Å². The number of hydrogen-bond donors (Lipinski definition) is 2. The van der Waals surface area contributed by atoms with Gasteiger partial charge in [-0.3, -0.25) is 9.59 Å². The van der Waals surface area contributed by atoms with Gasteiger partial charge in [0.05, 0.1) is 25.3 Å². The fraction of sp³-hybridized carbons (Fsp3) is 0.103. The molecule has 0 saturated heterocycles. The van der Waals surface area contributed by atoms with Crippen molar-refractivity contribution in [2.45, 2.75) is 12.6 Å². The number of aliphatic hydroxyl groups excluding tert-OH is 1. The van der Waals surface area contributed by atoms with Crippen molar-refractivity contribution in [3.63, 3.8) is 0 Å². The first-order valence-electron chi connectivity index (χ1n) is 11.6. The lowest BCUT2D eigenvalue weighted by Crippen LogP contribution is -2.30. The topological polar surface area (TPSA) is 95.8 Å². The van der Waals surface area contributed by atoms with E-state index in [0.29, 0.717) is 27.3 Å². The third kappa shape index (κ3) is 3.75. The van der Waals surface area contributed by atoms with Crippen LogP contribution in [0.4, 0.5) is 0 Å². The van der Waals surface area contributed by atoms with Crippen LogP contribution in [-0.4, -0.2) is 33.8 Å². The Morgan fingerprint density at radius 1 is 1.11 bits per heavy atom. The van der Waals surface area contributed by atoms with Crippen LogP contribution in [0.1, 0.15) is 27.7 Å². The highest BCUT2D eigenvalue weighted by Crippen LogP contribution is 2.43. The fourth-order valence-electron chi connectivity index (χ4n) is 4.97. The normalized spacial score (nSPS) is 15.8. The number of ether oxygens (including phenoxy) is 1. The Morgan fingerprint density at radius 2 is 1.89 bits per heavy atom. The van der Waals surface area contributed by atoms with E-state index in [1.54, 1.807) is 43.6 Å². The number of carbonyl (C=O) groups is 2. The zero-order chi connectivity index (χ0) is 25.7. The van der Waals surface area contributed by atoms with E-state index < -0.39 is 23.5 Å². The standard InChI is InChI=1S/C29H21ClN2O5/c1-36-22-9-5-2-6-16(22)15-32-26(20-14-31-21-8-4-3-7-19(20)21)25(28(34)29(32)35)27(33)24-13-17-12-18(30)10-11-23(17)37-24/h2-14,26,31,34H,15H2,1H3. The van der Waals surface area contributed by atoms with E-state index in [4.69, 9.17) is 20.8 Å². The van der Waals surface area contributed by atoms with E-state index in [0.717, 1.165) is 16.5 Å². The average molecular weight is 513 g/mol. The number of methoxy groups -OCH3 is 1. The molecule has 0 spiro atoms. The zero-order valence-corrected chi connectivity index (χ0v) is 20.5. The summed E-state index contributed by atoms with van der Waals surface area (Å²) in [4.78, 5) is 32.0. The van der Waals surface area contributed by atoms with Crippen molar-refractivity contribution < 1.29 is 23.8 Å². The number of para-hydroxylation sites is 2. The van der Waals surface area contributed by atoms with E-state index in [2.05, 4.69) is 4.98 Å². The summed E-state index contributed by atoms with van der Waals surface area (Å²) >= 11 is 6.10. The molecule has 0 saturated carbocycles. The van der Waals surface area contributed by atoms with Crippen LogP contribution in [0.25, 0.3) is 21.9 Å². The molecule has 8 heteroatoms. The highest BCUT2D eigenvalue weighted by molar-refractivity contribution is 6.31. The zero-order valence-electron chi connectivity index (χ0n) is 19.7. The second-order valence-corrected chi connectivity index (χ2v) is 9.26. The van der Waals surface area contributed by atoms with Crippen molar-refractivity contribution in [3.05, 3.63) is 112 Å². The first kappa shape index (κ1) is 22.9. The largest absolute Gasteiger partial charge is 0.503 e. The number of nitrogens with zero attached hydrogens (tertiary/aromatic N) is 1. The summed E-state index contributed by atoms with van der Waals surface area (Å²) in [6.45, 7) is 0.115. The molecule has 1 atom stereocenters. The van der Waals surface area contributed by atoms with Gasteiger partial charge in [0.1, 0.15) is 11.3 Å². The van der Waals surface area contributed by atoms with Gasteiger partial charge < -0.3 is 24.1 Å². The van der Waals surface area contributed by atoms with Gasteiger partial charge >= 0.3 is 0 Å². The lowest BCUT2D eigenvalue weighted by atomic mass is 9.94. The molecule has 0 aliphatic carbocycles. The molecule has 2 N–H and O–H groups in total. The molecule has 2 aromatic heterocycles. The number of aromatic nitrogens is 1. The second kappa shape index (κ2) is 8.87. The summed E-state index contributed by atoms with van der Waals surface area (Å²) in [5.41, 5.74) is 2.70. The van der Waals surface area contributed by atoms with E-state index in [9.17, 15) is 14.7 Å². The van der Waals surface area contributed by atoms with E-state index in [1.165, 1.54) is 4.90 Å². The second-order valence-electron chi connectivity index (χ2n) is 8.82. The van der Waals surface area contributed by atoms with Crippen LogP contribution in [0.2, 0.25) is 5.02 Å². The predicted octanol–water partition coefficient (Wildman–Crippen LogP) is 6.35. The number of ketones is 1. The molecule has 0 radical (unpaired) electrons. The van der Waals surface area contributed by atoms with Gasteiger partial charge in [-0.1, -0.05) is 48.0 Å². The maximum atomic E-state index is 13.9. The van der Waals surface area contributed by atoms with Crippen LogP contribution in [0.5, 0.6) is 5.75 Å². The summed E-state index contributed by atoms with van der Waals surface area (Å²) in [6.07, 6.45) is 1.77. The van der Waals surface area contributed by atoms with Crippen LogP contribution < -0.4 is 4.74 Å². The Morgan fingerprint density at radius 3 is 2.73 bits per heavy atom. The molecule has 5 aromatic rings. The van der Waals surface area contributed by atoms with Crippen LogP contribution in [0.15, 0.2) is 94.7 Å². The molecule has 37 heavy (non-hydrogen) atoms. The number of hydrogen-bond acceptors (Lipinski definition) is 5. The lowest BCUT2D eigenvalue weighted by molar-refractivity contribution is -0.130. The number of furan rings is 1. The van der Waals surface area contributed by atoms with Crippen molar-refractivity contribution in [3.8, 4) is 5.75 Å². The van der Waals surface area contributed by atoms with Gasteiger partial charge in [-0.25, -0.2) is 0 Å². The molecule has 1 aliphatic rings. The molecular formula is C29H21ClN2O5. The minimum Gasteiger partial charge on any atom is -0.503 e. The quantitative estimate of drug-likeness (QED) is 0.258. The Bertz CT molecular complexity index is 1730. The van der Waals surface area contributed by atoms with Crippen molar-refractivity contribution in [2.75, 3.05) is 7.11 Å². The summed E-state index contributed by atoms with van der Waals surface area (Å²) in [5.74, 6) is -1.22. The Hall–Kier alpha value is -4.49. The Balaban J connectivity index is 1.50. The molecule has 1 amide bonds. The van der Waals surface area contributed by atoms with E-state index >= 15 is 0 Å². The van der Waals surface area contributed by atoms with Crippen molar-refractivity contribution in [2.24, 2.45) is 0 Å². The molecule has 6 rings (SSSR count). The van der Waals surface area contributed by atoms with E-state index in [-0.39, 0.29) is 17.9 Å². The summed E-state index contributed by atoms with van der Waals surface area (Å²) in [5, 5.41) is 13.1. The molecule has 3 aromatic carbocycles. The lowest BCUT2D eigenvalue weighted by Gasteiger charge is -2.27. The maximum Gasteiger partial charge on any atom is 0.290 e. The van der Waals surface area contributed by atoms with E-state index in [1.807, 2.05) is 42.5 Å². The number of aromatic amines is 1. The van der Waals surface area contributed by atoms with Crippen molar-refractivity contribution in [1.29, 1.82) is 0 Å². The maximum absolute atomic E-state index is 13.9. The molecule has 7 nitrogen and oxygen atoms in total. The molecule has 0 fully saturated rings. The number of benzene rings is 3. The van der Waals surface area contributed by atoms with Crippen molar-refractivity contribution in [1.82, 2.24) is 9.88 Å². The first-order valence-corrected chi connectivity index (χ1v) is 12.0. The number of rotatable bonds is 6. The van der Waals surface area contributed by atoms with Gasteiger partial charge in [-0.2, -0.15) is 0 Å².